The lowest BCUT2D eigenvalue weighted by Gasteiger charge is -2.29. The average Bonchev–Trinajstić information content (AvgIpc) is 2.68. The number of hydrogen-bond acceptors (Lipinski definition) is 4. The van der Waals surface area contributed by atoms with Gasteiger partial charge in [-0.05, 0) is 61.5 Å². The van der Waals surface area contributed by atoms with Crippen molar-refractivity contribution in [1.29, 1.82) is 0 Å². The molecule has 0 aromatic heterocycles. The van der Waals surface area contributed by atoms with Gasteiger partial charge in [-0.1, -0.05) is 36.7 Å². The highest BCUT2D eigenvalue weighted by Crippen LogP contribution is 2.29. The number of benzene rings is 2. The molecule has 0 saturated carbocycles. The first-order chi connectivity index (χ1) is 13.8. The highest BCUT2D eigenvalue weighted by molar-refractivity contribution is 7.80. The zero-order valence-electron chi connectivity index (χ0n) is 15.7. The Bertz CT molecular complexity index is 1020. The number of carbonyl (C=O) groups excluding carboxylic acids is 2. The van der Waals surface area contributed by atoms with Crippen molar-refractivity contribution in [3.63, 3.8) is 0 Å². The Labute approximate surface area is 178 Å². The summed E-state index contributed by atoms with van der Waals surface area (Å²) in [5, 5.41) is 2.59. The summed E-state index contributed by atoms with van der Waals surface area (Å²) in [5.41, 5.74) is 0.295. The Morgan fingerprint density at radius 1 is 1.28 bits per heavy atom. The van der Waals surface area contributed by atoms with E-state index in [1.807, 2.05) is 13.8 Å². The molecular formula is C21H18ClFN2O3S. The Balaban J connectivity index is 1.95. The first-order valence-electron chi connectivity index (χ1n) is 8.94. The van der Waals surface area contributed by atoms with E-state index in [2.05, 4.69) is 5.32 Å². The number of nitrogens with one attached hydrogen (secondary N) is 1. The fraction of sp³-hybridized carbons (Fsp3) is 0.190. The molecule has 5 nitrogen and oxygen atoms in total. The summed E-state index contributed by atoms with van der Waals surface area (Å²) >= 11 is 11.3. The SMILES string of the molecule is CC[C@H](C)Oc1ccc(/C=C2\C(=O)NC(=S)N(c3ccccc3F)C2=O)cc1Cl. The smallest absolute Gasteiger partial charge is 0.270 e. The van der Waals surface area contributed by atoms with Crippen molar-refractivity contribution >= 4 is 52.5 Å². The van der Waals surface area contributed by atoms with Crippen molar-refractivity contribution in [2.45, 2.75) is 26.4 Å². The second-order valence-electron chi connectivity index (χ2n) is 6.44. The van der Waals surface area contributed by atoms with Gasteiger partial charge < -0.3 is 4.74 Å². The Hall–Kier alpha value is -2.77. The van der Waals surface area contributed by atoms with Crippen LogP contribution in [-0.4, -0.2) is 23.0 Å². The van der Waals surface area contributed by atoms with Crippen LogP contribution in [-0.2, 0) is 9.59 Å². The molecule has 3 rings (SSSR count). The Morgan fingerprint density at radius 3 is 2.66 bits per heavy atom. The van der Waals surface area contributed by atoms with Crippen molar-refractivity contribution in [1.82, 2.24) is 5.32 Å². The van der Waals surface area contributed by atoms with E-state index in [1.54, 1.807) is 24.3 Å². The second-order valence-corrected chi connectivity index (χ2v) is 7.23. The van der Waals surface area contributed by atoms with E-state index in [-0.39, 0.29) is 22.5 Å². The van der Waals surface area contributed by atoms with E-state index in [0.717, 1.165) is 11.3 Å². The van der Waals surface area contributed by atoms with Gasteiger partial charge in [-0.25, -0.2) is 9.29 Å². The molecule has 1 heterocycles. The van der Waals surface area contributed by atoms with Gasteiger partial charge >= 0.3 is 0 Å². The van der Waals surface area contributed by atoms with Crippen molar-refractivity contribution in [3.8, 4) is 5.75 Å². The molecular weight excluding hydrogens is 415 g/mol. The van der Waals surface area contributed by atoms with Gasteiger partial charge in [-0.15, -0.1) is 0 Å². The van der Waals surface area contributed by atoms with E-state index in [4.69, 9.17) is 28.6 Å². The van der Waals surface area contributed by atoms with Gasteiger partial charge in [-0.2, -0.15) is 0 Å². The van der Waals surface area contributed by atoms with Gasteiger partial charge in [0, 0.05) is 0 Å². The lowest BCUT2D eigenvalue weighted by molar-refractivity contribution is -0.122. The third-order valence-corrected chi connectivity index (χ3v) is 4.95. The molecule has 1 aliphatic rings. The first kappa shape index (κ1) is 21.0. The molecule has 150 valence electrons. The summed E-state index contributed by atoms with van der Waals surface area (Å²) in [6.07, 6.45) is 2.20. The molecule has 0 aliphatic carbocycles. The number of para-hydroxylation sites is 1. The third-order valence-electron chi connectivity index (χ3n) is 4.37. The van der Waals surface area contributed by atoms with E-state index < -0.39 is 17.6 Å². The van der Waals surface area contributed by atoms with Gasteiger partial charge in [0.05, 0.1) is 16.8 Å². The number of amides is 2. The molecule has 1 atom stereocenters. The zero-order valence-corrected chi connectivity index (χ0v) is 17.3. The summed E-state index contributed by atoms with van der Waals surface area (Å²) in [5.74, 6) is -1.51. The van der Waals surface area contributed by atoms with Crippen LogP contribution in [0.4, 0.5) is 10.1 Å². The molecule has 1 fully saturated rings. The minimum Gasteiger partial charge on any atom is -0.489 e. The van der Waals surface area contributed by atoms with Gasteiger partial charge in [0.2, 0.25) is 0 Å². The molecule has 0 unspecified atom stereocenters. The predicted molar refractivity (Wildman–Crippen MR) is 114 cm³/mol. The largest absolute Gasteiger partial charge is 0.489 e. The second kappa shape index (κ2) is 8.71. The van der Waals surface area contributed by atoms with Crippen LogP contribution < -0.4 is 15.0 Å². The van der Waals surface area contributed by atoms with Crippen molar-refractivity contribution in [2.75, 3.05) is 4.90 Å². The number of nitrogens with zero attached hydrogens (tertiary/aromatic N) is 1. The number of thiocarbonyl (C=S) groups is 1. The standard InChI is InChI=1S/C21H18ClFN2O3S/c1-3-12(2)28-18-9-8-13(11-15(18)22)10-14-19(26)24-21(29)25(20(14)27)17-7-5-4-6-16(17)23/h4-12H,3H2,1-2H3,(H,24,26,29)/b14-10+/t12-/m0/s1. The quantitative estimate of drug-likeness (QED) is 0.429. The van der Waals surface area contributed by atoms with Crippen LogP contribution in [0.15, 0.2) is 48.0 Å². The number of carbonyl (C=O) groups is 2. The third kappa shape index (κ3) is 4.46. The number of halogens is 2. The summed E-state index contributed by atoms with van der Waals surface area (Å²) in [4.78, 5) is 26.2. The van der Waals surface area contributed by atoms with E-state index in [1.165, 1.54) is 24.3 Å². The maximum atomic E-state index is 14.2. The lowest BCUT2D eigenvalue weighted by atomic mass is 10.1. The van der Waals surface area contributed by atoms with Crippen LogP contribution in [0.5, 0.6) is 5.75 Å². The summed E-state index contributed by atoms with van der Waals surface area (Å²) in [6.45, 7) is 3.92. The maximum absolute atomic E-state index is 14.2. The molecule has 2 aromatic carbocycles. The average molecular weight is 433 g/mol. The molecule has 1 saturated heterocycles. The van der Waals surface area contributed by atoms with Crippen molar-refractivity contribution in [3.05, 3.63) is 64.4 Å². The van der Waals surface area contributed by atoms with Gasteiger partial charge in [0.25, 0.3) is 11.8 Å². The number of hydrogen-bond donors (Lipinski definition) is 1. The van der Waals surface area contributed by atoms with Crippen molar-refractivity contribution in [2.24, 2.45) is 0 Å². The summed E-state index contributed by atoms with van der Waals surface area (Å²) in [7, 11) is 0. The van der Waals surface area contributed by atoms with E-state index in [9.17, 15) is 14.0 Å². The summed E-state index contributed by atoms with van der Waals surface area (Å²) < 4.78 is 19.9. The van der Waals surface area contributed by atoms with Crippen LogP contribution in [0.2, 0.25) is 5.02 Å². The molecule has 0 spiro atoms. The molecule has 29 heavy (non-hydrogen) atoms. The fourth-order valence-corrected chi connectivity index (χ4v) is 3.19. The molecule has 2 aromatic rings. The van der Waals surface area contributed by atoms with E-state index >= 15 is 0 Å². The maximum Gasteiger partial charge on any atom is 0.270 e. The van der Waals surface area contributed by atoms with Crippen LogP contribution >= 0.6 is 23.8 Å². The van der Waals surface area contributed by atoms with Crippen LogP contribution in [0.3, 0.4) is 0 Å². The number of anilines is 1. The van der Waals surface area contributed by atoms with Gasteiger partial charge in [0.1, 0.15) is 17.1 Å². The first-order valence-corrected chi connectivity index (χ1v) is 9.72. The Kier molecular flexibility index (Phi) is 6.30. The highest BCUT2D eigenvalue weighted by atomic mass is 35.5. The van der Waals surface area contributed by atoms with Gasteiger partial charge in [0.15, 0.2) is 5.11 Å². The fourth-order valence-electron chi connectivity index (χ4n) is 2.68. The van der Waals surface area contributed by atoms with E-state index in [0.29, 0.717) is 16.3 Å². The molecule has 0 radical (unpaired) electrons. The zero-order chi connectivity index (χ0) is 21.1. The van der Waals surface area contributed by atoms with Crippen LogP contribution in [0, 0.1) is 5.82 Å². The monoisotopic (exact) mass is 432 g/mol. The van der Waals surface area contributed by atoms with Crippen LogP contribution in [0.25, 0.3) is 6.08 Å². The topological polar surface area (TPSA) is 58.6 Å². The predicted octanol–water partition coefficient (Wildman–Crippen LogP) is 4.49. The summed E-state index contributed by atoms with van der Waals surface area (Å²) in [6, 6.07) is 10.6. The highest BCUT2D eigenvalue weighted by Gasteiger charge is 2.35. The molecule has 1 aliphatic heterocycles. The number of ether oxygens (including phenoxy) is 1. The minimum atomic E-state index is -0.722. The van der Waals surface area contributed by atoms with Gasteiger partial charge in [-0.3, -0.25) is 14.9 Å². The Morgan fingerprint density at radius 2 is 2.00 bits per heavy atom. The number of rotatable bonds is 5. The molecule has 8 heteroatoms. The normalized spacial score (nSPS) is 16.8. The lowest BCUT2D eigenvalue weighted by Crippen LogP contribution is -2.54. The van der Waals surface area contributed by atoms with Crippen LogP contribution in [0.1, 0.15) is 25.8 Å². The molecule has 0 bridgehead atoms. The molecule has 1 N–H and O–H groups in total. The van der Waals surface area contributed by atoms with Crippen molar-refractivity contribution < 1.29 is 18.7 Å². The minimum absolute atomic E-state index is 0.00209. The molecule has 2 amide bonds.